The number of methoxy groups -OCH3 is 2. The highest BCUT2D eigenvalue weighted by molar-refractivity contribution is 5.81. The van der Waals surface area contributed by atoms with Gasteiger partial charge in [0, 0.05) is 13.1 Å². The first kappa shape index (κ1) is 13.2. The quantitative estimate of drug-likeness (QED) is 0.829. The van der Waals surface area contributed by atoms with E-state index in [0.29, 0.717) is 5.75 Å². The Labute approximate surface area is 101 Å². The maximum Gasteiger partial charge on any atom is 0.236 e. The van der Waals surface area contributed by atoms with Gasteiger partial charge in [0.05, 0.1) is 26.5 Å². The lowest BCUT2D eigenvalue weighted by molar-refractivity contribution is -0.116. The smallest absolute Gasteiger partial charge is 0.236 e. The number of ether oxygens (including phenoxy) is 2. The number of anilines is 1. The Morgan fingerprint density at radius 2 is 2.00 bits per heavy atom. The minimum Gasteiger partial charge on any atom is -0.497 e. The van der Waals surface area contributed by atoms with E-state index in [-0.39, 0.29) is 12.5 Å². The maximum atomic E-state index is 10.9. The molecule has 94 valence electrons. The number of hydrogen-bond donors (Lipinski definition) is 1. The van der Waals surface area contributed by atoms with Gasteiger partial charge in [-0.05, 0) is 18.6 Å². The summed E-state index contributed by atoms with van der Waals surface area (Å²) in [6, 6.07) is 3.66. The Hall–Kier alpha value is -1.91. The summed E-state index contributed by atoms with van der Waals surface area (Å²) in [4.78, 5) is 12.7. The number of aryl methyl sites for hydroxylation is 1. The van der Waals surface area contributed by atoms with Crippen LogP contribution in [-0.2, 0) is 4.79 Å². The minimum atomic E-state index is -0.384. The van der Waals surface area contributed by atoms with E-state index in [2.05, 4.69) is 0 Å². The predicted molar refractivity (Wildman–Crippen MR) is 66.7 cm³/mol. The Kier molecular flexibility index (Phi) is 4.20. The molecule has 0 heterocycles. The van der Waals surface area contributed by atoms with Crippen LogP contribution < -0.4 is 20.1 Å². The molecule has 2 N–H and O–H groups in total. The second-order valence-electron chi connectivity index (χ2n) is 3.82. The average molecular weight is 238 g/mol. The third kappa shape index (κ3) is 3.03. The molecule has 0 saturated carbocycles. The molecule has 0 saturated heterocycles. The van der Waals surface area contributed by atoms with Gasteiger partial charge in [-0.1, -0.05) is 0 Å². The van der Waals surface area contributed by atoms with Crippen molar-refractivity contribution in [2.75, 3.05) is 32.7 Å². The SMILES string of the molecule is COc1cc(C)c(N(C)CC(N)=O)c(OC)c1. The number of carbonyl (C=O) groups excluding carboxylic acids is 1. The van der Waals surface area contributed by atoms with Crippen molar-refractivity contribution >= 4 is 11.6 Å². The average Bonchev–Trinajstić information content (AvgIpc) is 2.26. The van der Waals surface area contributed by atoms with E-state index in [9.17, 15) is 4.79 Å². The summed E-state index contributed by atoms with van der Waals surface area (Å²) in [6.45, 7) is 2.07. The maximum absolute atomic E-state index is 10.9. The molecule has 0 unspecified atom stereocenters. The van der Waals surface area contributed by atoms with E-state index < -0.39 is 0 Å². The molecule has 0 bridgehead atoms. The van der Waals surface area contributed by atoms with Crippen LogP contribution in [0.25, 0.3) is 0 Å². The predicted octanol–water partition coefficient (Wildman–Crippen LogP) is 0.934. The number of nitrogens with zero attached hydrogens (tertiary/aromatic N) is 1. The molecule has 5 heteroatoms. The van der Waals surface area contributed by atoms with Gasteiger partial charge in [-0.2, -0.15) is 0 Å². The van der Waals surface area contributed by atoms with Crippen molar-refractivity contribution in [3.05, 3.63) is 17.7 Å². The fourth-order valence-electron chi connectivity index (χ4n) is 1.79. The van der Waals surface area contributed by atoms with Gasteiger partial charge in [0.15, 0.2) is 0 Å². The summed E-state index contributed by atoms with van der Waals surface area (Å²) in [5.74, 6) is 0.992. The van der Waals surface area contributed by atoms with E-state index in [0.717, 1.165) is 17.0 Å². The number of amides is 1. The lowest BCUT2D eigenvalue weighted by Crippen LogP contribution is -2.31. The lowest BCUT2D eigenvalue weighted by atomic mass is 10.1. The van der Waals surface area contributed by atoms with Gasteiger partial charge in [0.2, 0.25) is 5.91 Å². The summed E-state index contributed by atoms with van der Waals surface area (Å²) in [5, 5.41) is 0. The fraction of sp³-hybridized carbons (Fsp3) is 0.417. The highest BCUT2D eigenvalue weighted by atomic mass is 16.5. The van der Waals surface area contributed by atoms with Crippen LogP contribution >= 0.6 is 0 Å². The van der Waals surface area contributed by atoms with E-state index in [1.54, 1.807) is 32.2 Å². The highest BCUT2D eigenvalue weighted by Gasteiger charge is 2.14. The summed E-state index contributed by atoms with van der Waals surface area (Å²) >= 11 is 0. The molecule has 0 atom stereocenters. The van der Waals surface area contributed by atoms with Crippen molar-refractivity contribution in [1.29, 1.82) is 0 Å². The summed E-state index contributed by atoms with van der Waals surface area (Å²) in [5.41, 5.74) is 6.99. The second kappa shape index (κ2) is 5.43. The number of nitrogens with two attached hydrogens (primary N) is 1. The third-order valence-corrected chi connectivity index (χ3v) is 2.47. The van der Waals surface area contributed by atoms with Crippen molar-refractivity contribution in [3.8, 4) is 11.5 Å². The molecule has 1 rings (SSSR count). The second-order valence-corrected chi connectivity index (χ2v) is 3.82. The van der Waals surface area contributed by atoms with Gasteiger partial charge >= 0.3 is 0 Å². The first-order valence-corrected chi connectivity index (χ1v) is 5.21. The van der Waals surface area contributed by atoms with Crippen molar-refractivity contribution in [3.63, 3.8) is 0 Å². The lowest BCUT2D eigenvalue weighted by Gasteiger charge is -2.23. The van der Waals surface area contributed by atoms with Gasteiger partial charge in [-0.15, -0.1) is 0 Å². The number of rotatable bonds is 5. The first-order chi connectivity index (χ1) is 7.99. The van der Waals surface area contributed by atoms with E-state index in [1.807, 2.05) is 13.0 Å². The van der Waals surface area contributed by atoms with Crippen LogP contribution in [0.1, 0.15) is 5.56 Å². The van der Waals surface area contributed by atoms with Crippen molar-refractivity contribution < 1.29 is 14.3 Å². The first-order valence-electron chi connectivity index (χ1n) is 5.21. The van der Waals surface area contributed by atoms with Crippen LogP contribution in [0, 0.1) is 6.92 Å². The Morgan fingerprint density at radius 1 is 1.35 bits per heavy atom. The van der Waals surface area contributed by atoms with Crippen molar-refractivity contribution in [2.45, 2.75) is 6.92 Å². The molecule has 1 aromatic carbocycles. The Morgan fingerprint density at radius 3 is 2.47 bits per heavy atom. The van der Waals surface area contributed by atoms with Gasteiger partial charge in [-0.3, -0.25) is 4.79 Å². The molecule has 0 radical (unpaired) electrons. The molecule has 1 amide bonds. The molecule has 0 aliphatic carbocycles. The van der Waals surface area contributed by atoms with Gasteiger partial charge in [-0.25, -0.2) is 0 Å². The van der Waals surface area contributed by atoms with Crippen LogP contribution in [0.5, 0.6) is 11.5 Å². The van der Waals surface area contributed by atoms with Crippen LogP contribution in [0.3, 0.4) is 0 Å². The Balaban J connectivity index is 3.17. The zero-order chi connectivity index (χ0) is 13.0. The molecule has 17 heavy (non-hydrogen) atoms. The number of hydrogen-bond acceptors (Lipinski definition) is 4. The molecule has 0 aromatic heterocycles. The molecule has 0 fully saturated rings. The van der Waals surface area contributed by atoms with Crippen molar-refractivity contribution in [1.82, 2.24) is 0 Å². The largest absolute Gasteiger partial charge is 0.497 e. The molecular weight excluding hydrogens is 220 g/mol. The van der Waals surface area contributed by atoms with E-state index in [4.69, 9.17) is 15.2 Å². The van der Waals surface area contributed by atoms with Gasteiger partial charge in [0.25, 0.3) is 0 Å². The van der Waals surface area contributed by atoms with Crippen LogP contribution in [0.2, 0.25) is 0 Å². The standard InChI is InChI=1S/C12H18N2O3/c1-8-5-9(16-3)6-10(17-4)12(8)14(2)7-11(13)15/h5-6H,7H2,1-4H3,(H2,13,15). The normalized spacial score (nSPS) is 9.88. The molecule has 0 spiro atoms. The molecular formula is C12H18N2O3. The molecule has 1 aromatic rings. The van der Waals surface area contributed by atoms with Gasteiger partial charge in [0.1, 0.15) is 11.5 Å². The highest BCUT2D eigenvalue weighted by Crippen LogP contribution is 2.35. The summed E-state index contributed by atoms with van der Waals surface area (Å²) < 4.78 is 10.5. The summed E-state index contributed by atoms with van der Waals surface area (Å²) in [7, 11) is 4.97. The zero-order valence-electron chi connectivity index (χ0n) is 10.6. The van der Waals surface area contributed by atoms with Crippen LogP contribution in [-0.4, -0.2) is 33.7 Å². The van der Waals surface area contributed by atoms with Crippen LogP contribution in [0.4, 0.5) is 5.69 Å². The molecule has 5 nitrogen and oxygen atoms in total. The molecule has 0 aliphatic heterocycles. The van der Waals surface area contributed by atoms with Gasteiger partial charge < -0.3 is 20.1 Å². The molecule has 0 aliphatic rings. The number of carbonyl (C=O) groups is 1. The third-order valence-electron chi connectivity index (χ3n) is 2.47. The summed E-state index contributed by atoms with van der Waals surface area (Å²) in [6.07, 6.45) is 0. The fourth-order valence-corrected chi connectivity index (χ4v) is 1.79. The Bertz CT molecular complexity index is 418. The van der Waals surface area contributed by atoms with Crippen molar-refractivity contribution in [2.24, 2.45) is 5.73 Å². The number of primary amides is 1. The number of benzene rings is 1. The van der Waals surface area contributed by atoms with E-state index >= 15 is 0 Å². The van der Waals surface area contributed by atoms with Crippen LogP contribution in [0.15, 0.2) is 12.1 Å². The number of likely N-dealkylation sites (N-methyl/N-ethyl adjacent to an activating group) is 1. The van der Waals surface area contributed by atoms with E-state index in [1.165, 1.54) is 0 Å². The minimum absolute atomic E-state index is 0.142. The zero-order valence-corrected chi connectivity index (χ0v) is 10.6. The topological polar surface area (TPSA) is 64.8 Å². The monoisotopic (exact) mass is 238 g/mol.